The predicted molar refractivity (Wildman–Crippen MR) is 148 cm³/mol. The van der Waals surface area contributed by atoms with E-state index in [9.17, 15) is 14.4 Å². The average Bonchev–Trinajstić information content (AvgIpc) is 3.33. The van der Waals surface area contributed by atoms with Crippen molar-refractivity contribution in [3.63, 3.8) is 0 Å². The Morgan fingerprint density at radius 1 is 1.11 bits per heavy atom. The third-order valence-electron chi connectivity index (χ3n) is 6.90. The lowest BCUT2D eigenvalue weighted by molar-refractivity contribution is -0.123. The van der Waals surface area contributed by atoms with Gasteiger partial charge in [-0.3, -0.25) is 19.3 Å². The number of amides is 3. The number of rotatable bonds is 9. The van der Waals surface area contributed by atoms with Gasteiger partial charge in [0.05, 0.1) is 12.8 Å². The third-order valence-corrected chi connectivity index (χ3v) is 7.75. The summed E-state index contributed by atoms with van der Waals surface area (Å²) in [5, 5.41) is 3.20. The number of nitrogens with zero attached hydrogens (tertiary/aromatic N) is 2. The molecule has 38 heavy (non-hydrogen) atoms. The van der Waals surface area contributed by atoms with Gasteiger partial charge in [0.15, 0.2) is 5.69 Å². The third kappa shape index (κ3) is 5.65. The first-order valence-electron chi connectivity index (χ1n) is 12.8. The lowest BCUT2D eigenvalue weighted by Gasteiger charge is -2.34. The number of nitrogens with one attached hydrogen (secondary N) is 1. The van der Waals surface area contributed by atoms with Gasteiger partial charge >= 0.3 is 0 Å². The highest BCUT2D eigenvalue weighted by atomic mass is 32.1. The van der Waals surface area contributed by atoms with Crippen LogP contribution in [0.1, 0.15) is 76.4 Å². The van der Waals surface area contributed by atoms with Crippen molar-refractivity contribution in [3.05, 3.63) is 70.2 Å². The number of aromatic nitrogens is 1. The number of carbonyl (C=O) groups is 3. The van der Waals surface area contributed by atoms with Gasteiger partial charge in [0.2, 0.25) is 5.91 Å². The first-order chi connectivity index (χ1) is 18.3. The number of methoxy groups -OCH3 is 1. The van der Waals surface area contributed by atoms with Crippen LogP contribution in [0.2, 0.25) is 0 Å². The van der Waals surface area contributed by atoms with E-state index < -0.39 is 17.9 Å². The molecule has 2 aromatic carbocycles. The average molecular weight is 536 g/mol. The first-order valence-corrected chi connectivity index (χ1v) is 13.5. The van der Waals surface area contributed by atoms with Gasteiger partial charge in [-0.25, -0.2) is 0 Å². The minimum atomic E-state index is -1.01. The van der Waals surface area contributed by atoms with Crippen molar-refractivity contribution >= 4 is 40.6 Å². The highest BCUT2D eigenvalue weighted by Crippen LogP contribution is 2.36. The summed E-state index contributed by atoms with van der Waals surface area (Å²) in [6.45, 7) is 1.98. The van der Waals surface area contributed by atoms with Gasteiger partial charge in [-0.2, -0.15) is 4.37 Å². The predicted octanol–water partition coefficient (Wildman–Crippen LogP) is 4.23. The minimum Gasteiger partial charge on any atom is -0.497 e. The molecule has 1 saturated carbocycles. The number of hydrogen-bond donors (Lipinski definition) is 3. The SMILES string of the molecule is CCc1ccccc1N(C(=O)c1snc(C(N)=O)c1N)[C@@H](C(=O)NC1CCCCC1)c1ccc(OC)cc1. The Balaban J connectivity index is 1.87. The smallest absolute Gasteiger partial charge is 0.273 e. The molecule has 1 aliphatic rings. The maximum Gasteiger partial charge on any atom is 0.273 e. The highest BCUT2D eigenvalue weighted by Gasteiger charge is 2.37. The van der Waals surface area contributed by atoms with Gasteiger partial charge < -0.3 is 21.5 Å². The number of nitrogens with two attached hydrogens (primary N) is 2. The molecule has 5 N–H and O–H groups in total. The maximum absolute atomic E-state index is 14.3. The molecular weight excluding hydrogens is 502 g/mol. The highest BCUT2D eigenvalue weighted by molar-refractivity contribution is 7.09. The second kappa shape index (κ2) is 12.1. The first kappa shape index (κ1) is 27.1. The number of primary amides is 1. The van der Waals surface area contributed by atoms with Gasteiger partial charge in [-0.1, -0.05) is 56.5 Å². The van der Waals surface area contributed by atoms with E-state index in [2.05, 4.69) is 9.69 Å². The van der Waals surface area contributed by atoms with Crippen LogP contribution in [-0.2, 0) is 11.2 Å². The summed E-state index contributed by atoms with van der Waals surface area (Å²) in [6.07, 6.45) is 5.66. The van der Waals surface area contributed by atoms with E-state index in [1.54, 1.807) is 31.4 Å². The van der Waals surface area contributed by atoms with Crippen molar-refractivity contribution in [2.45, 2.75) is 57.5 Å². The Hall–Kier alpha value is -3.92. The van der Waals surface area contributed by atoms with E-state index >= 15 is 0 Å². The number of benzene rings is 2. The molecule has 0 spiro atoms. The fourth-order valence-electron chi connectivity index (χ4n) is 4.88. The van der Waals surface area contributed by atoms with Gasteiger partial charge in [0.1, 0.15) is 16.7 Å². The van der Waals surface area contributed by atoms with Gasteiger partial charge in [0, 0.05) is 11.7 Å². The molecule has 200 valence electrons. The second-order valence-electron chi connectivity index (χ2n) is 9.31. The van der Waals surface area contributed by atoms with Crippen LogP contribution >= 0.6 is 11.5 Å². The fourth-order valence-corrected chi connectivity index (χ4v) is 5.62. The van der Waals surface area contributed by atoms with Gasteiger partial charge in [-0.05, 0) is 60.1 Å². The Labute approximate surface area is 226 Å². The van der Waals surface area contributed by atoms with Gasteiger partial charge in [0.25, 0.3) is 11.8 Å². The molecule has 0 aliphatic heterocycles. The number of ether oxygens (including phenoxy) is 1. The fraction of sp³-hybridized carbons (Fsp3) is 0.357. The summed E-state index contributed by atoms with van der Waals surface area (Å²) < 4.78 is 9.35. The zero-order valence-corrected chi connectivity index (χ0v) is 22.4. The number of hydrogen-bond acceptors (Lipinski definition) is 7. The lowest BCUT2D eigenvalue weighted by Crippen LogP contribution is -2.47. The van der Waals surface area contributed by atoms with Crippen LogP contribution < -0.4 is 26.4 Å². The summed E-state index contributed by atoms with van der Waals surface area (Å²) in [7, 11) is 1.57. The molecule has 0 unspecified atom stereocenters. The molecule has 1 aliphatic carbocycles. The summed E-state index contributed by atoms with van der Waals surface area (Å²) in [6, 6.07) is 13.6. The van der Waals surface area contributed by atoms with Crippen molar-refractivity contribution in [2.75, 3.05) is 17.7 Å². The normalized spacial score (nSPS) is 14.5. The molecule has 1 heterocycles. The standard InChI is InChI=1S/C28H33N5O4S/c1-3-17-9-7-8-12-21(17)33(28(36)25-22(29)23(26(30)34)32-38-25)24(18-13-15-20(37-2)16-14-18)27(35)31-19-10-5-4-6-11-19/h7-9,12-16,19,24H,3-6,10-11,29H2,1-2H3,(H2,30,34)(H,31,35)/t24-/m1/s1. The molecule has 9 nitrogen and oxygen atoms in total. The summed E-state index contributed by atoms with van der Waals surface area (Å²) in [4.78, 5) is 41.7. The van der Waals surface area contributed by atoms with E-state index in [1.165, 1.54) is 4.90 Å². The summed E-state index contributed by atoms with van der Waals surface area (Å²) in [5.74, 6) is -1.02. The van der Waals surface area contributed by atoms with Crippen molar-refractivity contribution in [1.29, 1.82) is 0 Å². The van der Waals surface area contributed by atoms with E-state index in [4.69, 9.17) is 16.2 Å². The van der Waals surface area contributed by atoms with Crippen molar-refractivity contribution in [1.82, 2.24) is 9.69 Å². The Morgan fingerprint density at radius 2 is 1.79 bits per heavy atom. The molecule has 0 saturated heterocycles. The van der Waals surface area contributed by atoms with Crippen LogP contribution in [0.25, 0.3) is 0 Å². The second-order valence-corrected chi connectivity index (χ2v) is 10.1. The van der Waals surface area contributed by atoms with E-state index in [-0.39, 0.29) is 28.2 Å². The molecule has 3 amide bonds. The number of carbonyl (C=O) groups excluding carboxylic acids is 3. The molecule has 3 aromatic rings. The van der Waals surface area contributed by atoms with Crippen LogP contribution in [0.5, 0.6) is 5.75 Å². The molecule has 1 fully saturated rings. The number of nitrogen functional groups attached to an aromatic ring is 1. The number of anilines is 2. The lowest BCUT2D eigenvalue weighted by atomic mass is 9.94. The largest absolute Gasteiger partial charge is 0.497 e. The van der Waals surface area contributed by atoms with E-state index in [1.807, 2.05) is 31.2 Å². The molecule has 0 radical (unpaired) electrons. The maximum atomic E-state index is 14.3. The van der Waals surface area contributed by atoms with Crippen LogP contribution in [0.4, 0.5) is 11.4 Å². The quantitative estimate of drug-likeness (QED) is 0.374. The van der Waals surface area contributed by atoms with Crippen molar-refractivity contribution in [2.24, 2.45) is 5.73 Å². The van der Waals surface area contributed by atoms with Crippen LogP contribution in [0.3, 0.4) is 0 Å². The Bertz CT molecular complexity index is 1300. The molecular formula is C28H33N5O4S. The van der Waals surface area contributed by atoms with Crippen LogP contribution in [0, 0.1) is 0 Å². The monoisotopic (exact) mass is 535 g/mol. The molecule has 1 aromatic heterocycles. The van der Waals surface area contributed by atoms with E-state index in [0.29, 0.717) is 23.4 Å². The zero-order valence-electron chi connectivity index (χ0n) is 21.6. The molecule has 0 bridgehead atoms. The van der Waals surface area contributed by atoms with Crippen LogP contribution in [0.15, 0.2) is 48.5 Å². The zero-order chi connectivity index (χ0) is 27.2. The molecule has 10 heteroatoms. The number of aryl methyl sites for hydroxylation is 1. The molecule has 1 atom stereocenters. The number of para-hydroxylation sites is 1. The molecule has 4 rings (SSSR count). The van der Waals surface area contributed by atoms with Crippen molar-refractivity contribution < 1.29 is 19.1 Å². The Morgan fingerprint density at radius 3 is 2.39 bits per heavy atom. The van der Waals surface area contributed by atoms with E-state index in [0.717, 1.165) is 49.2 Å². The van der Waals surface area contributed by atoms with Gasteiger partial charge in [-0.15, -0.1) is 0 Å². The van der Waals surface area contributed by atoms with Crippen LogP contribution in [-0.4, -0.2) is 35.2 Å². The summed E-state index contributed by atoms with van der Waals surface area (Å²) in [5.41, 5.74) is 13.4. The van der Waals surface area contributed by atoms with Crippen molar-refractivity contribution in [3.8, 4) is 5.75 Å². The topological polar surface area (TPSA) is 141 Å². The Kier molecular flexibility index (Phi) is 8.62. The summed E-state index contributed by atoms with van der Waals surface area (Å²) >= 11 is 0.796. The minimum absolute atomic E-state index is 0.0327.